The summed E-state index contributed by atoms with van der Waals surface area (Å²) >= 11 is 1.31. The molecule has 0 aliphatic heterocycles. The first-order chi connectivity index (χ1) is 12.1. The SMILES string of the molecule is COC(=O)c1ccc(NC(=O)CSc2ccc3nnc(C)n3n2)cc1. The summed E-state index contributed by atoms with van der Waals surface area (Å²) < 4.78 is 6.26. The molecule has 0 radical (unpaired) electrons. The lowest BCUT2D eigenvalue weighted by atomic mass is 10.2. The van der Waals surface area contributed by atoms with Gasteiger partial charge in [0.2, 0.25) is 5.91 Å². The number of benzene rings is 1. The maximum absolute atomic E-state index is 12.1. The first kappa shape index (κ1) is 16.9. The molecule has 2 aromatic heterocycles. The predicted octanol–water partition coefficient (Wildman–Crippen LogP) is 1.95. The maximum atomic E-state index is 12.1. The van der Waals surface area contributed by atoms with Gasteiger partial charge in [-0.25, -0.2) is 4.79 Å². The zero-order valence-electron chi connectivity index (χ0n) is 13.6. The van der Waals surface area contributed by atoms with Crippen molar-refractivity contribution in [1.82, 2.24) is 19.8 Å². The van der Waals surface area contributed by atoms with E-state index in [0.717, 1.165) is 0 Å². The van der Waals surface area contributed by atoms with E-state index < -0.39 is 5.97 Å². The number of hydrogen-bond acceptors (Lipinski definition) is 7. The number of carbonyl (C=O) groups is 2. The highest BCUT2D eigenvalue weighted by atomic mass is 32.2. The molecule has 3 rings (SSSR count). The van der Waals surface area contributed by atoms with E-state index in [0.29, 0.717) is 27.7 Å². The van der Waals surface area contributed by atoms with Gasteiger partial charge in [-0.3, -0.25) is 4.79 Å². The van der Waals surface area contributed by atoms with Gasteiger partial charge in [-0.05, 0) is 43.3 Å². The van der Waals surface area contributed by atoms with Crippen LogP contribution in [0.3, 0.4) is 0 Å². The van der Waals surface area contributed by atoms with Crippen molar-refractivity contribution < 1.29 is 14.3 Å². The van der Waals surface area contributed by atoms with E-state index in [-0.39, 0.29) is 11.7 Å². The molecule has 0 fully saturated rings. The molecule has 0 spiro atoms. The molecule has 0 saturated carbocycles. The number of esters is 1. The summed E-state index contributed by atoms with van der Waals surface area (Å²) in [5.41, 5.74) is 1.70. The standard InChI is InChI=1S/C16H15N5O3S/c1-10-18-19-13-7-8-15(20-21(10)13)25-9-14(22)17-12-5-3-11(4-6-12)16(23)24-2/h3-8H,9H2,1-2H3,(H,17,22). The van der Waals surface area contributed by atoms with Crippen molar-refractivity contribution >= 4 is 35.0 Å². The lowest BCUT2D eigenvalue weighted by molar-refractivity contribution is -0.113. The highest BCUT2D eigenvalue weighted by Crippen LogP contribution is 2.17. The molecule has 0 aliphatic carbocycles. The van der Waals surface area contributed by atoms with E-state index in [4.69, 9.17) is 0 Å². The molecule has 0 bridgehead atoms. The van der Waals surface area contributed by atoms with Gasteiger partial charge in [0.1, 0.15) is 5.03 Å². The van der Waals surface area contributed by atoms with Gasteiger partial charge in [0.15, 0.2) is 11.5 Å². The molecule has 0 atom stereocenters. The van der Waals surface area contributed by atoms with Gasteiger partial charge in [-0.2, -0.15) is 9.61 Å². The minimum absolute atomic E-state index is 0.168. The second kappa shape index (κ2) is 7.31. The van der Waals surface area contributed by atoms with E-state index >= 15 is 0 Å². The van der Waals surface area contributed by atoms with Crippen molar-refractivity contribution in [1.29, 1.82) is 0 Å². The summed E-state index contributed by atoms with van der Waals surface area (Å²) in [6.07, 6.45) is 0. The number of aryl methyl sites for hydroxylation is 1. The Balaban J connectivity index is 1.58. The summed E-state index contributed by atoms with van der Waals surface area (Å²) in [4.78, 5) is 23.4. The molecule has 9 heteroatoms. The third-order valence-electron chi connectivity index (χ3n) is 3.34. The van der Waals surface area contributed by atoms with Crippen molar-refractivity contribution in [2.24, 2.45) is 0 Å². The summed E-state index contributed by atoms with van der Waals surface area (Å²) in [6, 6.07) is 10.1. The smallest absolute Gasteiger partial charge is 0.337 e. The highest BCUT2D eigenvalue weighted by molar-refractivity contribution is 7.99. The van der Waals surface area contributed by atoms with Gasteiger partial charge in [0.25, 0.3) is 0 Å². The molecule has 2 heterocycles. The zero-order valence-corrected chi connectivity index (χ0v) is 14.4. The molecular formula is C16H15N5O3S. The van der Waals surface area contributed by atoms with Gasteiger partial charge >= 0.3 is 5.97 Å². The van der Waals surface area contributed by atoms with Crippen LogP contribution in [-0.2, 0) is 9.53 Å². The molecule has 1 aromatic carbocycles. The fourth-order valence-corrected chi connectivity index (χ4v) is 2.76. The highest BCUT2D eigenvalue weighted by Gasteiger charge is 2.09. The molecule has 0 unspecified atom stereocenters. The molecule has 1 N–H and O–H groups in total. The third-order valence-corrected chi connectivity index (χ3v) is 4.26. The Hall–Kier alpha value is -2.94. The van der Waals surface area contributed by atoms with Crippen LogP contribution in [0.4, 0.5) is 5.69 Å². The van der Waals surface area contributed by atoms with Crippen LogP contribution in [0.1, 0.15) is 16.2 Å². The van der Waals surface area contributed by atoms with Gasteiger partial charge in [-0.15, -0.1) is 10.2 Å². The summed E-state index contributed by atoms with van der Waals surface area (Å²) in [5, 5.41) is 15.8. The number of fused-ring (bicyclic) bond motifs is 1. The van der Waals surface area contributed by atoms with Crippen LogP contribution in [0.5, 0.6) is 0 Å². The van der Waals surface area contributed by atoms with E-state index in [9.17, 15) is 9.59 Å². The molecule has 1 amide bonds. The molecule has 0 saturated heterocycles. The second-order valence-electron chi connectivity index (χ2n) is 5.09. The number of thioether (sulfide) groups is 1. The number of nitrogens with one attached hydrogen (secondary N) is 1. The normalized spacial score (nSPS) is 10.6. The monoisotopic (exact) mass is 357 g/mol. The topological polar surface area (TPSA) is 98.5 Å². The Labute approximate surface area is 147 Å². The van der Waals surface area contributed by atoms with Crippen LogP contribution in [0.2, 0.25) is 0 Å². The number of anilines is 1. The van der Waals surface area contributed by atoms with Gasteiger partial charge in [0, 0.05) is 5.69 Å². The fourth-order valence-electron chi connectivity index (χ4n) is 2.10. The number of nitrogens with zero attached hydrogens (tertiary/aromatic N) is 4. The van der Waals surface area contributed by atoms with Crippen LogP contribution in [-0.4, -0.2) is 44.6 Å². The largest absolute Gasteiger partial charge is 0.465 e. The molecule has 8 nitrogen and oxygen atoms in total. The number of hydrogen-bond donors (Lipinski definition) is 1. The van der Waals surface area contributed by atoms with Crippen molar-refractivity contribution in [2.45, 2.75) is 11.9 Å². The van der Waals surface area contributed by atoms with Crippen LogP contribution in [0.25, 0.3) is 5.65 Å². The Morgan fingerprint density at radius 3 is 2.64 bits per heavy atom. The number of rotatable bonds is 5. The van der Waals surface area contributed by atoms with Crippen LogP contribution in [0.15, 0.2) is 41.4 Å². The van der Waals surface area contributed by atoms with E-state index in [1.165, 1.54) is 18.9 Å². The number of ether oxygens (including phenoxy) is 1. The minimum Gasteiger partial charge on any atom is -0.465 e. The Bertz CT molecular complexity index is 923. The first-order valence-corrected chi connectivity index (χ1v) is 8.35. The lowest BCUT2D eigenvalue weighted by Crippen LogP contribution is -2.14. The summed E-state index contributed by atoms with van der Waals surface area (Å²) in [7, 11) is 1.32. The van der Waals surface area contributed by atoms with Gasteiger partial charge < -0.3 is 10.1 Å². The maximum Gasteiger partial charge on any atom is 0.337 e. The van der Waals surface area contributed by atoms with E-state index in [1.54, 1.807) is 40.9 Å². The molecule has 25 heavy (non-hydrogen) atoms. The third kappa shape index (κ3) is 3.94. The van der Waals surface area contributed by atoms with Gasteiger partial charge in [-0.1, -0.05) is 11.8 Å². The Kier molecular flexibility index (Phi) is 4.94. The number of methoxy groups -OCH3 is 1. The molecule has 128 valence electrons. The van der Waals surface area contributed by atoms with Crippen molar-refractivity contribution in [2.75, 3.05) is 18.2 Å². The number of amides is 1. The second-order valence-corrected chi connectivity index (χ2v) is 6.09. The number of aromatic nitrogens is 4. The first-order valence-electron chi connectivity index (χ1n) is 7.37. The molecular weight excluding hydrogens is 342 g/mol. The number of carbonyl (C=O) groups excluding carboxylic acids is 2. The van der Waals surface area contributed by atoms with Crippen molar-refractivity contribution in [3.05, 3.63) is 47.8 Å². The zero-order chi connectivity index (χ0) is 17.8. The van der Waals surface area contributed by atoms with E-state index in [2.05, 4.69) is 25.3 Å². The lowest BCUT2D eigenvalue weighted by Gasteiger charge is -2.06. The minimum atomic E-state index is -0.417. The van der Waals surface area contributed by atoms with Crippen LogP contribution < -0.4 is 5.32 Å². The average molecular weight is 357 g/mol. The Morgan fingerprint density at radius 1 is 1.16 bits per heavy atom. The summed E-state index contributed by atoms with van der Waals surface area (Å²) in [6.45, 7) is 1.81. The summed E-state index contributed by atoms with van der Waals surface area (Å²) in [5.74, 6) is 0.309. The van der Waals surface area contributed by atoms with Crippen molar-refractivity contribution in [3.63, 3.8) is 0 Å². The molecule has 0 aliphatic rings. The van der Waals surface area contributed by atoms with Crippen LogP contribution in [0, 0.1) is 6.92 Å². The van der Waals surface area contributed by atoms with E-state index in [1.807, 2.05) is 6.92 Å². The van der Waals surface area contributed by atoms with Crippen molar-refractivity contribution in [3.8, 4) is 0 Å². The quantitative estimate of drug-likeness (QED) is 0.550. The fraction of sp³-hybridized carbons (Fsp3) is 0.188. The van der Waals surface area contributed by atoms with Crippen LogP contribution >= 0.6 is 11.8 Å². The predicted molar refractivity (Wildman–Crippen MR) is 92.7 cm³/mol. The molecule has 3 aromatic rings. The Morgan fingerprint density at radius 2 is 1.92 bits per heavy atom. The van der Waals surface area contributed by atoms with Gasteiger partial charge in [0.05, 0.1) is 18.4 Å². The average Bonchev–Trinajstić information content (AvgIpc) is 3.00.